The largest absolute Gasteiger partial charge is 0.458 e. The van der Waals surface area contributed by atoms with Gasteiger partial charge >= 0.3 is 12.1 Å². The van der Waals surface area contributed by atoms with Gasteiger partial charge in [-0.3, -0.25) is 9.59 Å². The molecule has 0 saturated carbocycles. The van der Waals surface area contributed by atoms with E-state index < -0.39 is 103 Å². The molecule has 0 spiro atoms. The first-order valence-corrected chi connectivity index (χ1v) is 27.4. The van der Waals surface area contributed by atoms with Gasteiger partial charge in [-0.1, -0.05) is 152 Å². The van der Waals surface area contributed by atoms with E-state index in [-0.39, 0.29) is 52.2 Å². The van der Waals surface area contributed by atoms with Crippen LogP contribution in [0.15, 0.2) is 152 Å². The van der Waals surface area contributed by atoms with E-state index in [1.54, 1.807) is 41.5 Å². The third kappa shape index (κ3) is 20.4. The van der Waals surface area contributed by atoms with Gasteiger partial charge in [0, 0.05) is 13.8 Å². The van der Waals surface area contributed by atoms with Crippen molar-refractivity contribution in [3.8, 4) is 0 Å². The zero-order chi connectivity index (χ0) is 57.8. The topological polar surface area (TPSA) is 206 Å². The molecule has 5 aromatic rings. The normalized spacial score (nSPS) is 23.4. The number of nitrogens with one attached hydrogen (secondary N) is 3. The number of alkyl carbamates (subject to hydrolysis) is 1. The van der Waals surface area contributed by atoms with Crippen LogP contribution in [0.25, 0.3) is 0 Å². The molecule has 0 aliphatic carbocycles. The lowest BCUT2D eigenvalue weighted by Crippen LogP contribution is -2.68. The third-order valence-corrected chi connectivity index (χ3v) is 12.8. The Bertz CT molecular complexity index is 2680. The summed E-state index contributed by atoms with van der Waals surface area (Å²) >= 11 is 0. The highest BCUT2D eigenvalue weighted by Crippen LogP contribution is 2.33. The Morgan fingerprint density at radius 3 is 1.16 bits per heavy atom. The molecule has 0 aromatic heterocycles. The van der Waals surface area contributed by atoms with Crippen molar-refractivity contribution in [2.24, 2.45) is 0 Å². The van der Waals surface area contributed by atoms with Crippen LogP contribution in [0, 0.1) is 0 Å². The maximum absolute atomic E-state index is 13.9. The van der Waals surface area contributed by atoms with Crippen LogP contribution < -0.4 is 16.0 Å². The summed E-state index contributed by atoms with van der Waals surface area (Å²) < 4.78 is 72.3. The number of hydrogen-bond acceptors (Lipinski definition) is 15. The summed E-state index contributed by atoms with van der Waals surface area (Å²) in [5.41, 5.74) is 2.54. The van der Waals surface area contributed by atoms with E-state index in [4.69, 9.17) is 52.1 Å². The summed E-state index contributed by atoms with van der Waals surface area (Å²) in [6.45, 7) is 12.9. The average Bonchev–Trinajstić information content (AvgIpc) is 3.45. The molecule has 18 nitrogen and oxygen atoms in total. The van der Waals surface area contributed by atoms with Crippen LogP contribution in [0.5, 0.6) is 0 Å². The molecule has 3 amide bonds. The number of rotatable bonds is 26. The molecule has 7 rings (SSSR count). The molecule has 2 aliphatic rings. The molecule has 18 heteroatoms. The molecule has 2 heterocycles. The average molecular weight is 1120 g/mol. The molecule has 0 bridgehead atoms. The van der Waals surface area contributed by atoms with Gasteiger partial charge in [-0.05, 0) is 69.4 Å². The highest BCUT2D eigenvalue weighted by Gasteiger charge is 2.52. The van der Waals surface area contributed by atoms with Crippen molar-refractivity contribution in [2.45, 2.75) is 167 Å². The van der Waals surface area contributed by atoms with Gasteiger partial charge in [0.15, 0.2) is 18.6 Å². The molecule has 0 radical (unpaired) electrons. The zero-order valence-corrected chi connectivity index (χ0v) is 47.6. The molecule has 2 saturated heterocycles. The Kier molecular flexibility index (Phi) is 23.3. The Hall–Kier alpha value is -6.58. The van der Waals surface area contributed by atoms with Crippen molar-refractivity contribution >= 4 is 23.9 Å². The molecule has 11 atom stereocenters. The second-order valence-electron chi connectivity index (χ2n) is 22.0. The fraction of sp³-hybridized carbons (Fsp3) is 0.460. The van der Waals surface area contributed by atoms with E-state index in [2.05, 4.69) is 16.0 Å². The number of hydrogen-bond donors (Lipinski definition) is 3. The molecule has 3 N–H and O–H groups in total. The second-order valence-corrected chi connectivity index (χ2v) is 22.0. The first kappa shape index (κ1) is 62.0. The first-order valence-electron chi connectivity index (χ1n) is 27.4. The minimum atomic E-state index is -1.41. The molecule has 5 aromatic carbocycles. The van der Waals surface area contributed by atoms with Crippen molar-refractivity contribution < 1.29 is 71.3 Å². The number of carbonyl (C=O) groups excluding carboxylic acids is 4. The minimum Gasteiger partial charge on any atom is -0.458 e. The van der Waals surface area contributed by atoms with Crippen molar-refractivity contribution in [3.05, 3.63) is 179 Å². The highest BCUT2D eigenvalue weighted by atomic mass is 16.7. The van der Waals surface area contributed by atoms with Gasteiger partial charge in [0.05, 0.1) is 52.9 Å². The summed E-state index contributed by atoms with van der Waals surface area (Å²) in [5, 5.41) is 8.66. The van der Waals surface area contributed by atoms with Gasteiger partial charge < -0.3 is 68.1 Å². The third-order valence-electron chi connectivity index (χ3n) is 12.8. The molecule has 81 heavy (non-hydrogen) atoms. The summed E-state index contributed by atoms with van der Waals surface area (Å²) in [4.78, 5) is 53.9. The van der Waals surface area contributed by atoms with E-state index >= 15 is 0 Å². The smallest absolute Gasteiger partial charge is 0.408 e. The second kappa shape index (κ2) is 30.5. The van der Waals surface area contributed by atoms with Gasteiger partial charge in [0.2, 0.25) is 11.8 Å². The summed E-state index contributed by atoms with van der Waals surface area (Å²) in [6, 6.07) is 44.6. The molecule has 2 aliphatic heterocycles. The van der Waals surface area contributed by atoms with Gasteiger partial charge in [-0.2, -0.15) is 0 Å². The maximum atomic E-state index is 13.9. The number of benzene rings is 5. The predicted octanol–water partition coefficient (Wildman–Crippen LogP) is 8.27. The van der Waals surface area contributed by atoms with Crippen molar-refractivity contribution in [1.29, 1.82) is 0 Å². The first-order chi connectivity index (χ1) is 38.9. The lowest BCUT2D eigenvalue weighted by molar-refractivity contribution is -0.319. The van der Waals surface area contributed by atoms with Crippen molar-refractivity contribution in [3.63, 3.8) is 0 Å². The van der Waals surface area contributed by atoms with E-state index in [9.17, 15) is 19.2 Å². The number of amides is 3. The van der Waals surface area contributed by atoms with E-state index in [1.807, 2.05) is 152 Å². The molecule has 2 fully saturated rings. The molecule has 436 valence electrons. The van der Waals surface area contributed by atoms with Crippen LogP contribution in [0.1, 0.15) is 83.2 Å². The summed E-state index contributed by atoms with van der Waals surface area (Å²) in [7, 11) is 0. The fourth-order valence-corrected chi connectivity index (χ4v) is 9.24. The number of ether oxygens (including phenoxy) is 11. The highest BCUT2D eigenvalue weighted by molar-refractivity contribution is 5.82. The Balaban J connectivity index is 1.27. The SMILES string of the molecule is CC(=O)N[C@H]1[C@@H](OC[C@H](NC(=O)OC(C)(C)C)C(=O)OC(C)(C)C)O[C@H](CO[C@@H]2O[C@H](COCc3ccccc3)[C@@H](OCc3ccccc3)[C@H](OCc3ccccc3)[C@H]2NC(C)=O)[C@H](OCc2ccccc2)[C@@H]1OCc1ccccc1. The molecular weight excluding hydrogens is 1040 g/mol. The van der Waals surface area contributed by atoms with Crippen LogP contribution >= 0.6 is 0 Å². The number of carbonyl (C=O) groups is 4. The Morgan fingerprint density at radius 1 is 0.444 bits per heavy atom. The van der Waals surface area contributed by atoms with Crippen LogP contribution in [-0.4, -0.2) is 122 Å². The maximum Gasteiger partial charge on any atom is 0.408 e. The summed E-state index contributed by atoms with van der Waals surface area (Å²) in [5.74, 6) is -1.64. The summed E-state index contributed by atoms with van der Waals surface area (Å²) in [6.07, 6.45) is -9.16. The van der Waals surface area contributed by atoms with Gasteiger partial charge in [0.25, 0.3) is 0 Å². The van der Waals surface area contributed by atoms with Crippen LogP contribution in [0.4, 0.5) is 4.79 Å². The number of esters is 1. The fourth-order valence-electron chi connectivity index (χ4n) is 9.24. The Labute approximate surface area is 475 Å². The van der Waals surface area contributed by atoms with Crippen molar-refractivity contribution in [2.75, 3.05) is 19.8 Å². The van der Waals surface area contributed by atoms with Gasteiger partial charge in [-0.15, -0.1) is 0 Å². The minimum absolute atomic E-state index is 0.0365. The monoisotopic (exact) mass is 1120 g/mol. The quantitative estimate of drug-likeness (QED) is 0.0446. The van der Waals surface area contributed by atoms with Crippen LogP contribution in [0.2, 0.25) is 0 Å². The van der Waals surface area contributed by atoms with Gasteiger partial charge in [-0.25, -0.2) is 9.59 Å². The van der Waals surface area contributed by atoms with Crippen molar-refractivity contribution in [1.82, 2.24) is 16.0 Å². The predicted molar refractivity (Wildman–Crippen MR) is 300 cm³/mol. The van der Waals surface area contributed by atoms with Crippen LogP contribution in [0.3, 0.4) is 0 Å². The standard InChI is InChI=1S/C63H79N3O15/c1-42(67)64-52-57(75-38-48-32-22-13-23-33-48)55(73-36-46-28-18-11-19-29-46)51(79-59(52)76-39-49(58(69)80-62(3,4)5)66-61(70)81-63(6,7)8)41-77-60-53(65-43(2)68)56(74-37-47-30-20-12-21-31-47)54(72-35-45-26-16-10-17-27-45)50(78-60)40-71-34-44-24-14-9-15-25-44/h9-33,49-57,59-60H,34-41H2,1-8H3,(H,64,67)(H,65,68)(H,66,70)/t49-,50+,51+,52+,53+,54+,55-,56+,57+,59-,60+/m0/s1. The molecular formula is C63H79N3O15. The molecule has 0 unspecified atom stereocenters. The van der Waals surface area contributed by atoms with Crippen LogP contribution in [-0.2, 0) is 99.5 Å². The lowest BCUT2D eigenvalue weighted by Gasteiger charge is -2.48. The van der Waals surface area contributed by atoms with E-state index in [0.717, 1.165) is 27.8 Å². The van der Waals surface area contributed by atoms with E-state index in [1.165, 1.54) is 13.8 Å². The zero-order valence-electron chi connectivity index (χ0n) is 47.6. The van der Waals surface area contributed by atoms with E-state index in [0.29, 0.717) is 0 Å². The van der Waals surface area contributed by atoms with Gasteiger partial charge in [0.1, 0.15) is 59.9 Å². The Morgan fingerprint density at radius 2 is 0.790 bits per heavy atom. The lowest BCUT2D eigenvalue weighted by atomic mass is 9.95.